The number of piperidine rings is 1. The van der Waals surface area contributed by atoms with Crippen molar-refractivity contribution in [3.63, 3.8) is 0 Å². The minimum Gasteiger partial charge on any atom is -0.495 e. The molecule has 13 heteroatoms. The van der Waals surface area contributed by atoms with E-state index in [9.17, 15) is 22.8 Å². The summed E-state index contributed by atoms with van der Waals surface area (Å²) >= 11 is 0. The second kappa shape index (κ2) is 12.7. The molecule has 4 rings (SSSR count). The van der Waals surface area contributed by atoms with E-state index in [4.69, 9.17) is 4.74 Å². The minimum atomic E-state index is -4.69. The van der Waals surface area contributed by atoms with Gasteiger partial charge in [-0.05, 0) is 64.0 Å². The molecule has 2 heterocycles. The lowest BCUT2D eigenvalue weighted by Gasteiger charge is -2.33. The maximum Gasteiger partial charge on any atom is 0.421 e. The summed E-state index contributed by atoms with van der Waals surface area (Å²) in [5.74, 6) is -0.619. The fraction of sp³-hybridized carbons (Fsp3) is 0.556. The van der Waals surface area contributed by atoms with Crippen molar-refractivity contribution in [3.8, 4) is 5.75 Å². The van der Waals surface area contributed by atoms with Gasteiger partial charge in [-0.2, -0.15) is 18.2 Å². The molecule has 2 fully saturated rings. The lowest BCUT2D eigenvalue weighted by Crippen LogP contribution is -2.48. The average molecular weight is 564 g/mol. The summed E-state index contributed by atoms with van der Waals surface area (Å²) in [6.45, 7) is 3.18. The first-order valence-electron chi connectivity index (χ1n) is 13.5. The van der Waals surface area contributed by atoms with Crippen molar-refractivity contribution in [1.29, 1.82) is 0 Å². The molecule has 1 aliphatic carbocycles. The number of amides is 2. The molecule has 1 saturated carbocycles. The Kier molecular flexibility index (Phi) is 9.33. The van der Waals surface area contributed by atoms with Gasteiger partial charge in [0, 0.05) is 36.8 Å². The standard InChI is InChI=1S/C27H36F3N7O3/c1-16(38)32-20-6-4-5-7-21(20)34-24-19(27(28,29)30)15-31-26(36-24)35-22-14-17(8-9-23(22)40-3)25(39)33-18-10-12-37(2)13-11-18/h8-9,14-15,18,20-21H,4-7,10-13H2,1-3H3,(H,32,38)(H,33,39)(H2,31,34,35,36)/t20-,21-/m1/s1. The SMILES string of the molecule is COc1ccc(C(=O)NC2CCN(C)CC2)cc1Nc1ncc(C(F)(F)F)c(N[C@@H]2CCCC[C@H]2NC(C)=O)n1. The molecule has 1 aromatic carbocycles. The van der Waals surface area contributed by atoms with E-state index in [1.165, 1.54) is 14.0 Å². The first kappa shape index (κ1) is 29.4. The summed E-state index contributed by atoms with van der Waals surface area (Å²) in [5.41, 5.74) is -0.311. The van der Waals surface area contributed by atoms with Crippen molar-refractivity contribution in [3.05, 3.63) is 35.5 Å². The Hall–Kier alpha value is -3.61. The number of carbonyl (C=O) groups is 2. The first-order chi connectivity index (χ1) is 19.0. The van der Waals surface area contributed by atoms with Gasteiger partial charge in [-0.15, -0.1) is 0 Å². The number of rotatable bonds is 8. The predicted molar refractivity (Wildman–Crippen MR) is 145 cm³/mol. The highest BCUT2D eigenvalue weighted by molar-refractivity contribution is 5.96. The van der Waals surface area contributed by atoms with Crippen molar-refractivity contribution in [2.45, 2.75) is 69.8 Å². The van der Waals surface area contributed by atoms with E-state index >= 15 is 0 Å². The second-order valence-electron chi connectivity index (χ2n) is 10.4. The highest BCUT2D eigenvalue weighted by Gasteiger charge is 2.37. The number of halogens is 3. The van der Waals surface area contributed by atoms with Gasteiger partial charge in [0.25, 0.3) is 5.91 Å². The van der Waals surface area contributed by atoms with Gasteiger partial charge in [-0.3, -0.25) is 9.59 Å². The zero-order chi connectivity index (χ0) is 28.9. The number of nitrogens with one attached hydrogen (secondary N) is 4. The van der Waals surface area contributed by atoms with E-state index in [2.05, 4.69) is 36.1 Å². The summed E-state index contributed by atoms with van der Waals surface area (Å²) in [7, 11) is 3.49. The number of hydrogen-bond donors (Lipinski definition) is 4. The summed E-state index contributed by atoms with van der Waals surface area (Å²) in [6.07, 6.45) is 0.641. The van der Waals surface area contributed by atoms with Gasteiger partial charge < -0.3 is 30.9 Å². The van der Waals surface area contributed by atoms with Crippen LogP contribution in [0.1, 0.15) is 61.4 Å². The number of alkyl halides is 3. The second-order valence-corrected chi connectivity index (χ2v) is 10.4. The molecule has 10 nitrogen and oxygen atoms in total. The molecular formula is C27H36F3N7O3. The predicted octanol–water partition coefficient (Wildman–Crippen LogP) is 3.93. The number of benzene rings is 1. The number of hydrogen-bond acceptors (Lipinski definition) is 8. The summed E-state index contributed by atoms with van der Waals surface area (Å²) in [4.78, 5) is 34.9. The highest BCUT2D eigenvalue weighted by atomic mass is 19.4. The fourth-order valence-corrected chi connectivity index (χ4v) is 5.16. The molecule has 1 saturated heterocycles. The third-order valence-electron chi connectivity index (χ3n) is 7.33. The van der Waals surface area contributed by atoms with Gasteiger partial charge in [0.1, 0.15) is 17.1 Å². The lowest BCUT2D eigenvalue weighted by molar-refractivity contribution is -0.137. The molecule has 1 aromatic heterocycles. The van der Waals surface area contributed by atoms with Crippen LogP contribution in [0.25, 0.3) is 0 Å². The van der Waals surface area contributed by atoms with E-state index in [1.807, 2.05) is 7.05 Å². The number of likely N-dealkylation sites (tertiary alicyclic amines) is 1. The van der Waals surface area contributed by atoms with Crippen molar-refractivity contribution in [2.24, 2.45) is 0 Å². The zero-order valence-electron chi connectivity index (χ0n) is 22.9. The molecule has 2 aromatic rings. The van der Waals surface area contributed by atoms with E-state index < -0.39 is 17.8 Å². The Morgan fingerprint density at radius 1 is 1.05 bits per heavy atom. The van der Waals surface area contributed by atoms with Crippen LogP contribution < -0.4 is 26.0 Å². The van der Waals surface area contributed by atoms with Crippen LogP contribution in [0, 0.1) is 0 Å². The Balaban J connectivity index is 1.57. The van der Waals surface area contributed by atoms with Crippen LogP contribution in [0.5, 0.6) is 5.75 Å². The maximum atomic E-state index is 13.9. The molecule has 0 bridgehead atoms. The van der Waals surface area contributed by atoms with Crippen LogP contribution in [-0.4, -0.2) is 72.1 Å². The van der Waals surface area contributed by atoms with Crippen molar-refractivity contribution in [1.82, 2.24) is 25.5 Å². The number of anilines is 3. The van der Waals surface area contributed by atoms with Crippen molar-refractivity contribution < 1.29 is 27.5 Å². The van der Waals surface area contributed by atoms with E-state index in [-0.39, 0.29) is 35.7 Å². The van der Waals surface area contributed by atoms with E-state index in [0.29, 0.717) is 29.8 Å². The smallest absolute Gasteiger partial charge is 0.421 e. The molecule has 0 radical (unpaired) electrons. The normalized spacial score (nSPS) is 20.4. The van der Waals surface area contributed by atoms with Gasteiger partial charge in [-0.25, -0.2) is 4.98 Å². The molecule has 2 aliphatic rings. The third kappa shape index (κ3) is 7.52. The van der Waals surface area contributed by atoms with Crippen molar-refractivity contribution in [2.75, 3.05) is 37.9 Å². The Bertz CT molecular complexity index is 1200. The maximum absolute atomic E-state index is 13.9. The number of carbonyl (C=O) groups excluding carboxylic acids is 2. The first-order valence-corrected chi connectivity index (χ1v) is 13.5. The zero-order valence-corrected chi connectivity index (χ0v) is 22.9. The van der Waals surface area contributed by atoms with Crippen LogP contribution in [0.4, 0.5) is 30.6 Å². The van der Waals surface area contributed by atoms with Gasteiger partial charge in [-0.1, -0.05) is 12.8 Å². The molecule has 0 unspecified atom stereocenters. The molecule has 1 aliphatic heterocycles. The molecule has 0 spiro atoms. The van der Waals surface area contributed by atoms with Gasteiger partial charge in [0.2, 0.25) is 11.9 Å². The highest BCUT2D eigenvalue weighted by Crippen LogP contribution is 2.36. The topological polar surface area (TPSA) is 121 Å². The van der Waals surface area contributed by atoms with Crippen LogP contribution in [0.3, 0.4) is 0 Å². The largest absolute Gasteiger partial charge is 0.495 e. The monoisotopic (exact) mass is 563 g/mol. The van der Waals surface area contributed by atoms with Crippen LogP contribution in [-0.2, 0) is 11.0 Å². The lowest BCUT2D eigenvalue weighted by atomic mass is 9.90. The minimum absolute atomic E-state index is 0.0650. The summed E-state index contributed by atoms with van der Waals surface area (Å²) in [5, 5.41) is 11.7. The van der Waals surface area contributed by atoms with Gasteiger partial charge in [0.15, 0.2) is 0 Å². The number of methoxy groups -OCH3 is 1. The number of aromatic nitrogens is 2. The molecule has 40 heavy (non-hydrogen) atoms. The Morgan fingerprint density at radius 2 is 1.75 bits per heavy atom. The van der Waals surface area contributed by atoms with Gasteiger partial charge >= 0.3 is 6.18 Å². The van der Waals surface area contributed by atoms with Gasteiger partial charge in [0.05, 0.1) is 12.8 Å². The summed E-state index contributed by atoms with van der Waals surface area (Å²) < 4.78 is 47.0. The molecule has 2 atom stereocenters. The molecule has 218 valence electrons. The molecule has 4 N–H and O–H groups in total. The molecule has 2 amide bonds. The third-order valence-corrected chi connectivity index (χ3v) is 7.33. The average Bonchev–Trinajstić information content (AvgIpc) is 2.90. The van der Waals surface area contributed by atoms with Crippen molar-refractivity contribution >= 4 is 29.3 Å². The van der Waals surface area contributed by atoms with E-state index in [0.717, 1.165) is 45.0 Å². The Labute approximate surface area is 231 Å². The number of nitrogens with zero attached hydrogens (tertiary/aromatic N) is 3. The number of ether oxygens (including phenoxy) is 1. The van der Waals surface area contributed by atoms with E-state index in [1.54, 1.807) is 18.2 Å². The van der Waals surface area contributed by atoms with Crippen LogP contribution in [0.2, 0.25) is 0 Å². The fourth-order valence-electron chi connectivity index (χ4n) is 5.16. The summed E-state index contributed by atoms with van der Waals surface area (Å²) in [6, 6.07) is 4.11. The Morgan fingerprint density at radius 3 is 2.40 bits per heavy atom. The molecular weight excluding hydrogens is 527 g/mol. The van der Waals surface area contributed by atoms with Crippen LogP contribution >= 0.6 is 0 Å². The van der Waals surface area contributed by atoms with Crippen LogP contribution in [0.15, 0.2) is 24.4 Å². The quantitative estimate of drug-likeness (QED) is 0.382.